The zero-order valence-electron chi connectivity index (χ0n) is 21.9. The number of ether oxygens (including phenoxy) is 1. The van der Waals surface area contributed by atoms with Crippen LogP contribution in [0.25, 0.3) is 6.08 Å². The van der Waals surface area contributed by atoms with Gasteiger partial charge in [-0.1, -0.05) is 60.1 Å². The Kier molecular flexibility index (Phi) is 10.4. The summed E-state index contributed by atoms with van der Waals surface area (Å²) >= 11 is 1.61. The van der Waals surface area contributed by atoms with E-state index < -0.39 is 6.10 Å². The molecule has 2 unspecified atom stereocenters. The second kappa shape index (κ2) is 12.3. The van der Waals surface area contributed by atoms with Crippen LogP contribution in [0.15, 0.2) is 23.1 Å². The van der Waals surface area contributed by atoms with Crippen LogP contribution in [0.1, 0.15) is 92.7 Å². The number of carbonyl (C=O) groups is 1. The average molecular weight is 478 g/mol. The third-order valence-corrected chi connectivity index (χ3v) is 9.04. The topological polar surface area (TPSA) is 59.4 Å². The van der Waals surface area contributed by atoms with Gasteiger partial charge in [0.15, 0.2) is 0 Å². The molecule has 33 heavy (non-hydrogen) atoms. The maximum atomic E-state index is 12.9. The van der Waals surface area contributed by atoms with Crippen LogP contribution in [0.3, 0.4) is 0 Å². The standard InChI is InChI=1S/C28H45NO3S.H2/c1-18-13-11-9-10-12-14-25(19(2)15-24-17-33-23(6)29-24)32-27(31)16-26(30)28(7,8)22(5)21(4)20(18)3;/h10,12,15,17-18,20-22,25-26,30H,9,11,13-14,16H2,1-8H3;1H/b12-10-,19-15+;/t18-,20-,21+,22+,25?,26?;/m0./s1. The Balaban J connectivity index is 0.00000578. The predicted molar refractivity (Wildman–Crippen MR) is 141 cm³/mol. The lowest BCUT2D eigenvalue weighted by Crippen LogP contribution is -2.42. The van der Waals surface area contributed by atoms with Crippen molar-refractivity contribution in [2.45, 2.75) is 99.7 Å². The van der Waals surface area contributed by atoms with Crippen LogP contribution in [0.4, 0.5) is 0 Å². The van der Waals surface area contributed by atoms with Crippen LogP contribution in [0.5, 0.6) is 0 Å². The molecule has 2 heterocycles. The van der Waals surface area contributed by atoms with Crippen LogP contribution in [-0.4, -0.2) is 28.3 Å². The highest BCUT2D eigenvalue weighted by Gasteiger charge is 2.40. The van der Waals surface area contributed by atoms with Gasteiger partial charge in [0.1, 0.15) is 6.10 Å². The molecule has 1 N–H and O–H groups in total. The summed E-state index contributed by atoms with van der Waals surface area (Å²) in [5.41, 5.74) is 1.48. The van der Waals surface area contributed by atoms with Crippen molar-refractivity contribution >= 4 is 23.4 Å². The van der Waals surface area contributed by atoms with Crippen LogP contribution in [-0.2, 0) is 9.53 Å². The second-order valence-corrected chi connectivity index (χ2v) is 11.9. The number of allylic oxidation sites excluding steroid dienone is 1. The molecule has 0 bridgehead atoms. The molecule has 0 saturated heterocycles. The average Bonchev–Trinajstić information content (AvgIpc) is 3.16. The fourth-order valence-electron chi connectivity index (χ4n) is 4.84. The minimum Gasteiger partial charge on any atom is -0.457 e. The highest BCUT2D eigenvalue weighted by molar-refractivity contribution is 7.09. The summed E-state index contributed by atoms with van der Waals surface area (Å²) in [6.07, 6.45) is 9.29. The van der Waals surface area contributed by atoms with Crippen LogP contribution in [0.2, 0.25) is 0 Å². The van der Waals surface area contributed by atoms with Gasteiger partial charge < -0.3 is 9.84 Å². The predicted octanol–water partition coefficient (Wildman–Crippen LogP) is 7.46. The van der Waals surface area contributed by atoms with E-state index in [-0.39, 0.29) is 31.3 Å². The highest BCUT2D eigenvalue weighted by atomic mass is 32.1. The Hall–Kier alpha value is -1.46. The Morgan fingerprint density at radius 2 is 1.94 bits per heavy atom. The van der Waals surface area contributed by atoms with Crippen molar-refractivity contribution in [3.05, 3.63) is 33.8 Å². The Bertz CT molecular complexity index is 831. The number of cyclic esters (lactones) is 1. The van der Waals surface area contributed by atoms with Gasteiger partial charge >= 0.3 is 5.97 Å². The van der Waals surface area contributed by atoms with Gasteiger partial charge in [-0.05, 0) is 67.4 Å². The molecule has 1 aromatic rings. The Labute approximate surface area is 207 Å². The largest absolute Gasteiger partial charge is 0.457 e. The molecule has 2 rings (SSSR count). The number of aryl methyl sites for hydroxylation is 1. The van der Waals surface area contributed by atoms with E-state index in [1.165, 1.54) is 6.42 Å². The van der Waals surface area contributed by atoms with E-state index in [0.717, 1.165) is 29.1 Å². The fourth-order valence-corrected chi connectivity index (χ4v) is 5.41. The van der Waals surface area contributed by atoms with Crippen molar-refractivity contribution in [3.8, 4) is 0 Å². The molecule has 0 aromatic carbocycles. The van der Waals surface area contributed by atoms with Gasteiger partial charge in [0.05, 0.1) is 23.2 Å². The van der Waals surface area contributed by atoms with Crippen LogP contribution < -0.4 is 0 Å². The number of esters is 1. The van der Waals surface area contributed by atoms with E-state index in [1.807, 2.05) is 25.3 Å². The zero-order chi connectivity index (χ0) is 24.8. The second-order valence-electron chi connectivity index (χ2n) is 10.8. The summed E-state index contributed by atoms with van der Waals surface area (Å²) in [5, 5.41) is 14.1. The molecule has 0 aliphatic carbocycles. The van der Waals surface area contributed by atoms with E-state index in [0.29, 0.717) is 24.2 Å². The monoisotopic (exact) mass is 477 g/mol. The molecule has 4 nitrogen and oxygen atoms in total. The molecule has 1 aliphatic rings. The Morgan fingerprint density at radius 1 is 1.24 bits per heavy atom. The number of hydrogen-bond donors (Lipinski definition) is 1. The summed E-state index contributed by atoms with van der Waals surface area (Å²) in [7, 11) is 0. The van der Waals surface area contributed by atoms with Crippen molar-refractivity contribution < 1.29 is 16.1 Å². The molecule has 188 valence electrons. The lowest BCUT2D eigenvalue weighted by atomic mass is 9.64. The third-order valence-electron chi connectivity index (χ3n) is 8.25. The molecule has 1 aromatic heterocycles. The number of aromatic nitrogens is 1. The number of rotatable bonds is 2. The summed E-state index contributed by atoms with van der Waals surface area (Å²) in [6, 6.07) is 0. The maximum Gasteiger partial charge on any atom is 0.309 e. The molecular formula is C28H47NO3S. The first-order valence-electron chi connectivity index (χ1n) is 12.6. The van der Waals surface area contributed by atoms with Crippen molar-refractivity contribution in [2.75, 3.05) is 0 Å². The van der Waals surface area contributed by atoms with E-state index >= 15 is 0 Å². The van der Waals surface area contributed by atoms with Crippen molar-refractivity contribution in [2.24, 2.45) is 29.1 Å². The lowest BCUT2D eigenvalue weighted by Gasteiger charge is -2.42. The van der Waals surface area contributed by atoms with Gasteiger partial charge in [0.25, 0.3) is 0 Å². The Morgan fingerprint density at radius 3 is 2.58 bits per heavy atom. The van der Waals surface area contributed by atoms with Gasteiger partial charge in [0.2, 0.25) is 0 Å². The van der Waals surface area contributed by atoms with Crippen LogP contribution in [0, 0.1) is 36.0 Å². The van der Waals surface area contributed by atoms with Gasteiger partial charge in [0, 0.05) is 13.2 Å². The SMILES string of the molecule is C/C(=C\c1csc(C)n1)C1C/C=C\CCC[C@H](C)[C@H](C)[C@@H](C)[C@@H](C)C(C)(C)C(O)CC(=O)O1.[HH]. The zero-order valence-corrected chi connectivity index (χ0v) is 22.7. The molecule has 0 spiro atoms. The van der Waals surface area contributed by atoms with Gasteiger partial charge in [-0.3, -0.25) is 4.79 Å². The molecule has 6 atom stereocenters. The van der Waals surface area contributed by atoms with Crippen molar-refractivity contribution in [1.82, 2.24) is 4.98 Å². The van der Waals surface area contributed by atoms with Crippen LogP contribution >= 0.6 is 11.3 Å². The number of aliphatic hydroxyl groups excluding tert-OH is 1. The van der Waals surface area contributed by atoms with E-state index in [2.05, 4.69) is 58.7 Å². The maximum absolute atomic E-state index is 12.9. The molecule has 0 radical (unpaired) electrons. The van der Waals surface area contributed by atoms with Gasteiger partial charge in [-0.2, -0.15) is 0 Å². The first-order valence-corrected chi connectivity index (χ1v) is 13.4. The minimum atomic E-state index is -0.750. The van der Waals surface area contributed by atoms with E-state index in [9.17, 15) is 9.90 Å². The summed E-state index contributed by atoms with van der Waals surface area (Å²) in [6.45, 7) is 17.4. The van der Waals surface area contributed by atoms with E-state index in [1.54, 1.807) is 11.3 Å². The first-order chi connectivity index (χ1) is 15.4. The number of hydrogen-bond acceptors (Lipinski definition) is 5. The number of nitrogens with zero attached hydrogens (tertiary/aromatic N) is 1. The van der Waals surface area contributed by atoms with Crippen molar-refractivity contribution in [1.29, 1.82) is 0 Å². The summed E-state index contributed by atoms with van der Waals surface area (Å²) < 4.78 is 5.91. The lowest BCUT2D eigenvalue weighted by molar-refractivity contribution is -0.152. The van der Waals surface area contributed by atoms with Gasteiger partial charge in [-0.25, -0.2) is 4.98 Å². The smallest absolute Gasteiger partial charge is 0.309 e. The molecule has 0 fully saturated rings. The van der Waals surface area contributed by atoms with E-state index in [4.69, 9.17) is 4.74 Å². The van der Waals surface area contributed by atoms with Crippen molar-refractivity contribution in [3.63, 3.8) is 0 Å². The van der Waals surface area contributed by atoms with Gasteiger partial charge in [-0.15, -0.1) is 11.3 Å². The number of aliphatic hydroxyl groups is 1. The number of thiazole rings is 1. The first kappa shape index (κ1) is 27.8. The third kappa shape index (κ3) is 7.78. The molecule has 0 saturated carbocycles. The highest BCUT2D eigenvalue weighted by Crippen LogP contribution is 2.42. The number of carbonyl (C=O) groups excluding carboxylic acids is 1. The molecule has 0 amide bonds. The molecular weight excluding hydrogens is 430 g/mol. The summed E-state index contributed by atoms with van der Waals surface area (Å²) in [4.78, 5) is 17.4. The summed E-state index contributed by atoms with van der Waals surface area (Å²) in [5.74, 6) is 1.56. The fraction of sp³-hybridized carbons (Fsp3) is 0.714. The molecule has 5 heteroatoms. The molecule has 1 aliphatic heterocycles. The minimum absolute atomic E-state index is 0. The quantitative estimate of drug-likeness (QED) is 0.355. The normalized spacial score (nSPS) is 34.0.